The monoisotopic (exact) mass is 369 g/mol. The van der Waals surface area contributed by atoms with Gasteiger partial charge in [0.15, 0.2) is 11.5 Å². The molecule has 3 rings (SSSR count). The summed E-state index contributed by atoms with van der Waals surface area (Å²) in [6.45, 7) is 2.70. The van der Waals surface area contributed by atoms with E-state index in [0.29, 0.717) is 36.6 Å². The predicted octanol–water partition coefficient (Wildman–Crippen LogP) is 3.21. The summed E-state index contributed by atoms with van der Waals surface area (Å²) in [4.78, 5) is 25.7. The Morgan fingerprint density at radius 2 is 1.89 bits per heavy atom. The molecule has 1 atom stereocenters. The first-order valence-corrected chi connectivity index (χ1v) is 8.80. The van der Waals surface area contributed by atoms with Gasteiger partial charge in [-0.1, -0.05) is 30.3 Å². The first-order valence-electron chi connectivity index (χ1n) is 8.80. The molecule has 0 aromatic heterocycles. The van der Waals surface area contributed by atoms with Crippen molar-refractivity contribution in [3.8, 4) is 11.5 Å². The summed E-state index contributed by atoms with van der Waals surface area (Å²) in [5.74, 6) is -0.0559. The summed E-state index contributed by atoms with van der Waals surface area (Å²) in [6, 6.07) is 14.8. The van der Waals surface area contributed by atoms with Crippen LogP contribution in [0.5, 0.6) is 11.5 Å². The minimum atomic E-state index is -0.890. The highest BCUT2D eigenvalue weighted by molar-refractivity contribution is 5.95. The highest BCUT2D eigenvalue weighted by Gasteiger charge is 2.42. The second-order valence-corrected chi connectivity index (χ2v) is 6.98. The number of carbonyl (C=O) groups excluding carboxylic acids is 1. The van der Waals surface area contributed by atoms with Crippen molar-refractivity contribution in [3.63, 3.8) is 0 Å². The minimum absolute atomic E-state index is 0.201. The molecule has 1 fully saturated rings. The van der Waals surface area contributed by atoms with Crippen LogP contribution in [0, 0.1) is 5.41 Å². The Kier molecular flexibility index (Phi) is 5.35. The maximum atomic E-state index is 12.8. The van der Waals surface area contributed by atoms with Crippen molar-refractivity contribution >= 4 is 11.9 Å². The van der Waals surface area contributed by atoms with E-state index in [9.17, 15) is 14.7 Å². The van der Waals surface area contributed by atoms with Gasteiger partial charge in [-0.3, -0.25) is 9.59 Å². The van der Waals surface area contributed by atoms with E-state index in [2.05, 4.69) is 0 Å². The van der Waals surface area contributed by atoms with Gasteiger partial charge in [0.2, 0.25) is 0 Å². The van der Waals surface area contributed by atoms with E-state index in [1.54, 1.807) is 30.0 Å². The van der Waals surface area contributed by atoms with Crippen molar-refractivity contribution in [1.82, 2.24) is 4.90 Å². The third-order valence-electron chi connectivity index (χ3n) is 4.92. The topological polar surface area (TPSA) is 76.1 Å². The molecule has 0 aliphatic carbocycles. The molecule has 1 N–H and O–H groups in total. The zero-order valence-corrected chi connectivity index (χ0v) is 15.5. The Balaban J connectivity index is 1.72. The van der Waals surface area contributed by atoms with E-state index in [4.69, 9.17) is 9.47 Å². The lowest BCUT2D eigenvalue weighted by Gasteiger charge is -2.20. The lowest BCUT2D eigenvalue weighted by atomic mass is 9.90. The SMILES string of the molecule is COc1cc(C(=O)N2CC[C@@](C)(C(=O)O)C2)ccc1OCc1ccccc1. The Labute approximate surface area is 158 Å². The van der Waals surface area contributed by atoms with Crippen molar-refractivity contribution in [2.45, 2.75) is 20.0 Å². The molecule has 0 radical (unpaired) electrons. The highest BCUT2D eigenvalue weighted by atomic mass is 16.5. The second kappa shape index (κ2) is 7.70. The Morgan fingerprint density at radius 1 is 1.15 bits per heavy atom. The number of carboxylic acid groups (broad SMARTS) is 1. The predicted molar refractivity (Wildman–Crippen MR) is 100 cm³/mol. The molecule has 1 aliphatic rings. The molecule has 6 heteroatoms. The maximum Gasteiger partial charge on any atom is 0.311 e. The molecular formula is C21H23NO5. The molecule has 0 saturated carbocycles. The zero-order chi connectivity index (χ0) is 19.4. The third-order valence-corrected chi connectivity index (χ3v) is 4.92. The number of ether oxygens (including phenoxy) is 2. The number of carbonyl (C=O) groups is 2. The van der Waals surface area contributed by atoms with Crippen LogP contribution in [0.3, 0.4) is 0 Å². The maximum absolute atomic E-state index is 12.8. The van der Waals surface area contributed by atoms with Crippen molar-refractivity contribution in [2.75, 3.05) is 20.2 Å². The van der Waals surface area contributed by atoms with E-state index < -0.39 is 11.4 Å². The summed E-state index contributed by atoms with van der Waals surface area (Å²) in [7, 11) is 1.52. The molecule has 2 aromatic carbocycles. The van der Waals surface area contributed by atoms with Gasteiger partial charge in [-0.25, -0.2) is 0 Å². The fourth-order valence-corrected chi connectivity index (χ4v) is 3.15. The zero-order valence-electron chi connectivity index (χ0n) is 15.5. The van der Waals surface area contributed by atoms with Crippen LogP contribution >= 0.6 is 0 Å². The molecule has 0 unspecified atom stereocenters. The number of carboxylic acids is 1. The van der Waals surface area contributed by atoms with Crippen LogP contribution in [0.25, 0.3) is 0 Å². The van der Waals surface area contributed by atoms with Gasteiger partial charge in [0.05, 0.1) is 12.5 Å². The quantitative estimate of drug-likeness (QED) is 0.846. The summed E-state index contributed by atoms with van der Waals surface area (Å²) in [5, 5.41) is 9.34. The number of benzene rings is 2. The van der Waals surface area contributed by atoms with Crippen LogP contribution in [0.15, 0.2) is 48.5 Å². The van der Waals surface area contributed by atoms with E-state index in [0.717, 1.165) is 5.56 Å². The van der Waals surface area contributed by atoms with Gasteiger partial charge in [-0.05, 0) is 37.1 Å². The normalized spacial score (nSPS) is 19.0. The fraction of sp³-hybridized carbons (Fsp3) is 0.333. The molecule has 2 aromatic rings. The number of rotatable bonds is 6. The van der Waals surface area contributed by atoms with Crippen LogP contribution in [0.2, 0.25) is 0 Å². The van der Waals surface area contributed by atoms with Gasteiger partial charge in [0.1, 0.15) is 6.61 Å². The summed E-state index contributed by atoms with van der Waals surface area (Å²) >= 11 is 0. The summed E-state index contributed by atoms with van der Waals surface area (Å²) in [6.07, 6.45) is 0.448. The molecule has 1 amide bonds. The van der Waals surface area contributed by atoms with Crippen LogP contribution in [-0.4, -0.2) is 42.1 Å². The van der Waals surface area contributed by atoms with Crippen molar-refractivity contribution < 1.29 is 24.2 Å². The lowest BCUT2D eigenvalue weighted by Crippen LogP contribution is -2.34. The largest absolute Gasteiger partial charge is 0.493 e. The number of hydrogen-bond donors (Lipinski definition) is 1. The molecule has 142 valence electrons. The Hall–Kier alpha value is -3.02. The van der Waals surface area contributed by atoms with Gasteiger partial charge in [0, 0.05) is 18.7 Å². The number of methoxy groups -OCH3 is 1. The fourth-order valence-electron chi connectivity index (χ4n) is 3.15. The molecule has 1 aliphatic heterocycles. The van der Waals surface area contributed by atoms with Gasteiger partial charge >= 0.3 is 5.97 Å². The van der Waals surface area contributed by atoms with Gasteiger partial charge in [-0.2, -0.15) is 0 Å². The van der Waals surface area contributed by atoms with Crippen LogP contribution in [0.1, 0.15) is 29.3 Å². The number of likely N-dealkylation sites (tertiary alicyclic amines) is 1. The smallest absolute Gasteiger partial charge is 0.311 e. The van der Waals surface area contributed by atoms with E-state index in [1.165, 1.54) is 7.11 Å². The van der Waals surface area contributed by atoms with Crippen LogP contribution in [0.4, 0.5) is 0 Å². The average Bonchev–Trinajstić information content (AvgIpc) is 3.10. The van der Waals surface area contributed by atoms with Crippen molar-refractivity contribution in [3.05, 3.63) is 59.7 Å². The number of nitrogens with zero attached hydrogens (tertiary/aromatic N) is 1. The number of hydrogen-bond acceptors (Lipinski definition) is 4. The average molecular weight is 369 g/mol. The summed E-state index contributed by atoms with van der Waals surface area (Å²) in [5.41, 5.74) is 0.594. The van der Waals surface area contributed by atoms with Crippen LogP contribution < -0.4 is 9.47 Å². The van der Waals surface area contributed by atoms with Gasteiger partial charge < -0.3 is 19.5 Å². The molecule has 0 bridgehead atoms. The molecule has 1 saturated heterocycles. The minimum Gasteiger partial charge on any atom is -0.493 e. The molecule has 1 heterocycles. The molecule has 6 nitrogen and oxygen atoms in total. The summed E-state index contributed by atoms with van der Waals surface area (Å²) < 4.78 is 11.2. The first kappa shape index (κ1) is 18.8. The van der Waals surface area contributed by atoms with E-state index >= 15 is 0 Å². The Morgan fingerprint density at radius 3 is 2.52 bits per heavy atom. The standard InChI is InChI=1S/C21H23NO5/c1-21(20(24)25)10-11-22(14-21)19(23)16-8-9-17(18(12-16)26-2)27-13-15-6-4-3-5-7-15/h3-9,12H,10-11,13-14H2,1-2H3,(H,24,25)/t21-/m1/s1. The van der Waals surface area contributed by atoms with E-state index in [1.807, 2.05) is 30.3 Å². The lowest BCUT2D eigenvalue weighted by molar-refractivity contribution is -0.147. The highest BCUT2D eigenvalue weighted by Crippen LogP contribution is 2.33. The number of amides is 1. The molecular weight excluding hydrogens is 346 g/mol. The first-order chi connectivity index (χ1) is 12.9. The van der Waals surface area contributed by atoms with Crippen molar-refractivity contribution in [1.29, 1.82) is 0 Å². The molecule has 0 spiro atoms. The molecule has 27 heavy (non-hydrogen) atoms. The van der Waals surface area contributed by atoms with Crippen molar-refractivity contribution in [2.24, 2.45) is 5.41 Å². The van der Waals surface area contributed by atoms with E-state index in [-0.39, 0.29) is 12.5 Å². The van der Waals surface area contributed by atoms with Gasteiger partial charge in [-0.15, -0.1) is 0 Å². The van der Waals surface area contributed by atoms with Gasteiger partial charge in [0.25, 0.3) is 5.91 Å². The van der Waals surface area contributed by atoms with Crippen LogP contribution in [-0.2, 0) is 11.4 Å². The third kappa shape index (κ3) is 4.05. The second-order valence-electron chi connectivity index (χ2n) is 6.98. The Bertz CT molecular complexity index is 836. The number of aliphatic carboxylic acids is 1.